The zero-order valence-electron chi connectivity index (χ0n) is 14.4. The van der Waals surface area contributed by atoms with Crippen molar-refractivity contribution in [3.63, 3.8) is 0 Å². The van der Waals surface area contributed by atoms with Gasteiger partial charge in [0.05, 0.1) is 0 Å². The Labute approximate surface area is 139 Å². The molecule has 0 spiro atoms. The van der Waals surface area contributed by atoms with E-state index in [9.17, 15) is 4.79 Å². The molecular weight excluding hydrogens is 288 g/mol. The normalized spacial score (nSPS) is 27.7. The maximum Gasteiger partial charge on any atom is 0.407 e. The molecule has 0 radical (unpaired) electrons. The van der Waals surface area contributed by atoms with Crippen LogP contribution in [0.5, 0.6) is 0 Å². The van der Waals surface area contributed by atoms with Crippen LogP contribution < -0.4 is 5.32 Å². The Kier molecular flexibility index (Phi) is 4.62. The third kappa shape index (κ3) is 4.25. The minimum atomic E-state index is -0.433. The summed E-state index contributed by atoms with van der Waals surface area (Å²) in [6.07, 6.45) is 2.01. The van der Waals surface area contributed by atoms with Crippen LogP contribution in [0, 0.1) is 11.8 Å². The van der Waals surface area contributed by atoms with E-state index in [1.807, 2.05) is 20.8 Å². The van der Waals surface area contributed by atoms with Crippen LogP contribution in [0.1, 0.15) is 39.2 Å². The Hall–Kier alpha value is -1.55. The van der Waals surface area contributed by atoms with Crippen molar-refractivity contribution in [2.75, 3.05) is 13.1 Å². The van der Waals surface area contributed by atoms with Crippen molar-refractivity contribution >= 4 is 6.09 Å². The van der Waals surface area contributed by atoms with Crippen LogP contribution >= 0.6 is 0 Å². The van der Waals surface area contributed by atoms with Gasteiger partial charge >= 0.3 is 6.09 Å². The molecule has 1 aromatic carbocycles. The first-order valence-electron chi connectivity index (χ1n) is 8.66. The number of benzene rings is 1. The van der Waals surface area contributed by atoms with E-state index in [0.717, 1.165) is 26.1 Å². The van der Waals surface area contributed by atoms with Crippen molar-refractivity contribution in [1.82, 2.24) is 10.2 Å². The highest BCUT2D eigenvalue weighted by molar-refractivity contribution is 5.68. The highest BCUT2D eigenvalue weighted by Gasteiger charge is 2.43. The van der Waals surface area contributed by atoms with E-state index >= 15 is 0 Å². The van der Waals surface area contributed by atoms with E-state index in [4.69, 9.17) is 4.74 Å². The van der Waals surface area contributed by atoms with Gasteiger partial charge in [0.15, 0.2) is 0 Å². The van der Waals surface area contributed by atoms with Gasteiger partial charge in [0.1, 0.15) is 5.60 Å². The van der Waals surface area contributed by atoms with Crippen LogP contribution in [-0.2, 0) is 11.3 Å². The van der Waals surface area contributed by atoms with Crippen LogP contribution in [0.4, 0.5) is 4.79 Å². The molecular formula is C19H28N2O2. The molecule has 1 aromatic rings. The molecule has 3 rings (SSSR count). The monoisotopic (exact) mass is 316 g/mol. The Morgan fingerprint density at radius 1 is 1.22 bits per heavy atom. The molecule has 2 fully saturated rings. The average molecular weight is 316 g/mol. The zero-order valence-corrected chi connectivity index (χ0v) is 14.4. The molecule has 1 aliphatic heterocycles. The first-order chi connectivity index (χ1) is 10.9. The molecule has 1 N–H and O–H groups in total. The van der Waals surface area contributed by atoms with Crippen molar-refractivity contribution < 1.29 is 9.53 Å². The number of alkyl carbamates (subject to hydrolysis) is 1. The number of hydrogen-bond acceptors (Lipinski definition) is 3. The lowest BCUT2D eigenvalue weighted by Crippen LogP contribution is -2.42. The van der Waals surface area contributed by atoms with Crippen LogP contribution in [-0.4, -0.2) is 35.7 Å². The molecule has 0 unspecified atom stereocenters. The van der Waals surface area contributed by atoms with Crippen molar-refractivity contribution in [2.45, 2.75) is 51.8 Å². The van der Waals surface area contributed by atoms with Crippen LogP contribution in [0.25, 0.3) is 0 Å². The molecule has 4 nitrogen and oxygen atoms in total. The summed E-state index contributed by atoms with van der Waals surface area (Å²) < 4.78 is 5.41. The molecule has 1 saturated carbocycles. The maximum absolute atomic E-state index is 12.0. The van der Waals surface area contributed by atoms with Gasteiger partial charge in [0.25, 0.3) is 0 Å². The van der Waals surface area contributed by atoms with E-state index < -0.39 is 5.60 Å². The smallest absolute Gasteiger partial charge is 0.407 e. The van der Waals surface area contributed by atoms with Crippen LogP contribution in [0.2, 0.25) is 0 Å². The standard InChI is InChI=1S/C19H28N2O2/c1-19(2,3)23-18(22)20-17-10-9-15-12-21(13-16(15)17)11-14-7-5-4-6-8-14/h4-8,15-17H,9-13H2,1-3H3,(H,20,22)/t15-,16+,17+/m1/s1. The minimum absolute atomic E-state index is 0.260. The summed E-state index contributed by atoms with van der Waals surface area (Å²) in [5, 5.41) is 3.10. The third-order valence-corrected chi connectivity index (χ3v) is 4.88. The van der Waals surface area contributed by atoms with Gasteiger partial charge < -0.3 is 10.1 Å². The summed E-state index contributed by atoms with van der Waals surface area (Å²) in [5.74, 6) is 1.27. The zero-order chi connectivity index (χ0) is 16.4. The predicted octanol–water partition coefficient (Wildman–Crippen LogP) is 3.42. The fourth-order valence-corrected chi connectivity index (χ4v) is 3.97. The van der Waals surface area contributed by atoms with Crippen LogP contribution in [0.3, 0.4) is 0 Å². The summed E-state index contributed by atoms with van der Waals surface area (Å²) in [4.78, 5) is 14.6. The van der Waals surface area contributed by atoms with Gasteiger partial charge in [-0.05, 0) is 51.0 Å². The lowest BCUT2D eigenvalue weighted by atomic mass is 9.98. The third-order valence-electron chi connectivity index (χ3n) is 4.88. The van der Waals surface area contributed by atoms with E-state index in [2.05, 4.69) is 40.5 Å². The number of hydrogen-bond donors (Lipinski definition) is 1. The molecule has 2 aliphatic rings. The maximum atomic E-state index is 12.0. The fourth-order valence-electron chi connectivity index (χ4n) is 3.97. The second kappa shape index (κ2) is 6.52. The minimum Gasteiger partial charge on any atom is -0.444 e. The second-order valence-corrected chi connectivity index (χ2v) is 7.93. The van der Waals surface area contributed by atoms with Gasteiger partial charge in [-0.15, -0.1) is 0 Å². The average Bonchev–Trinajstić information content (AvgIpc) is 3.00. The summed E-state index contributed by atoms with van der Waals surface area (Å²) in [5.41, 5.74) is 0.932. The first kappa shape index (κ1) is 16.3. The second-order valence-electron chi connectivity index (χ2n) is 7.93. The van der Waals surface area contributed by atoms with E-state index in [1.165, 1.54) is 12.0 Å². The highest BCUT2D eigenvalue weighted by Crippen LogP contribution is 2.38. The summed E-state index contributed by atoms with van der Waals surface area (Å²) >= 11 is 0. The van der Waals surface area contributed by atoms with Crippen molar-refractivity contribution in [3.05, 3.63) is 35.9 Å². The Bertz CT molecular complexity index is 538. The number of likely N-dealkylation sites (tertiary alicyclic amines) is 1. The van der Waals surface area contributed by atoms with Gasteiger partial charge in [-0.25, -0.2) is 4.79 Å². The van der Waals surface area contributed by atoms with Crippen LogP contribution in [0.15, 0.2) is 30.3 Å². The SMILES string of the molecule is CC(C)(C)OC(=O)N[C@H]1CC[C@@H]2CN(Cc3ccccc3)C[C@@H]21. The van der Waals surface area contributed by atoms with Gasteiger partial charge in [0.2, 0.25) is 0 Å². The van der Waals surface area contributed by atoms with E-state index in [1.54, 1.807) is 0 Å². The van der Waals surface area contributed by atoms with Gasteiger partial charge in [-0.3, -0.25) is 4.90 Å². The summed E-state index contributed by atoms with van der Waals surface area (Å²) in [7, 11) is 0. The van der Waals surface area contributed by atoms with E-state index in [-0.39, 0.29) is 12.1 Å². The number of rotatable bonds is 3. The van der Waals surface area contributed by atoms with Crippen molar-refractivity contribution in [1.29, 1.82) is 0 Å². The summed E-state index contributed by atoms with van der Waals surface area (Å²) in [6.45, 7) is 8.93. The molecule has 0 aromatic heterocycles. The number of nitrogens with zero attached hydrogens (tertiary/aromatic N) is 1. The number of carbonyl (C=O) groups is 1. The molecule has 1 amide bonds. The van der Waals surface area contributed by atoms with E-state index in [0.29, 0.717) is 11.8 Å². The van der Waals surface area contributed by atoms with Gasteiger partial charge in [-0.1, -0.05) is 30.3 Å². The molecule has 4 heteroatoms. The number of fused-ring (bicyclic) bond motifs is 1. The number of amides is 1. The Balaban J connectivity index is 1.53. The van der Waals surface area contributed by atoms with Crippen molar-refractivity contribution in [3.8, 4) is 0 Å². The first-order valence-corrected chi connectivity index (χ1v) is 8.66. The lowest BCUT2D eigenvalue weighted by Gasteiger charge is -2.25. The number of ether oxygens (including phenoxy) is 1. The molecule has 1 heterocycles. The molecule has 0 bridgehead atoms. The lowest BCUT2D eigenvalue weighted by molar-refractivity contribution is 0.0491. The van der Waals surface area contributed by atoms with Gasteiger partial charge in [0, 0.05) is 25.7 Å². The Morgan fingerprint density at radius 3 is 2.65 bits per heavy atom. The molecule has 126 valence electrons. The predicted molar refractivity (Wildman–Crippen MR) is 91.1 cm³/mol. The van der Waals surface area contributed by atoms with Crippen molar-refractivity contribution in [2.24, 2.45) is 11.8 Å². The Morgan fingerprint density at radius 2 is 1.96 bits per heavy atom. The molecule has 23 heavy (non-hydrogen) atoms. The largest absolute Gasteiger partial charge is 0.444 e. The fraction of sp³-hybridized carbons (Fsp3) is 0.632. The highest BCUT2D eigenvalue weighted by atomic mass is 16.6. The topological polar surface area (TPSA) is 41.6 Å². The van der Waals surface area contributed by atoms with Gasteiger partial charge in [-0.2, -0.15) is 0 Å². The molecule has 1 saturated heterocycles. The summed E-state index contributed by atoms with van der Waals surface area (Å²) in [6, 6.07) is 10.9. The molecule has 1 aliphatic carbocycles. The number of carbonyl (C=O) groups excluding carboxylic acids is 1. The number of nitrogens with one attached hydrogen (secondary N) is 1. The quantitative estimate of drug-likeness (QED) is 0.929. The molecule has 3 atom stereocenters.